The highest BCUT2D eigenvalue weighted by Gasteiger charge is 2.49. The monoisotopic (exact) mass is 512 g/mol. The van der Waals surface area contributed by atoms with Crippen molar-refractivity contribution < 1.29 is 23.2 Å². The Labute approximate surface area is 211 Å². The van der Waals surface area contributed by atoms with Crippen molar-refractivity contribution in [2.75, 3.05) is 0 Å². The minimum atomic E-state index is -1.04. The summed E-state index contributed by atoms with van der Waals surface area (Å²) in [6.45, 7) is 0.0509. The minimum absolute atomic E-state index is 0.0509. The van der Waals surface area contributed by atoms with Crippen LogP contribution in [0.2, 0.25) is 0 Å². The molecule has 10 heteroatoms. The lowest BCUT2D eigenvalue weighted by Crippen LogP contribution is -2.57. The van der Waals surface area contributed by atoms with E-state index in [1.165, 1.54) is 17.4 Å². The Morgan fingerprint density at radius 1 is 1.17 bits per heavy atom. The van der Waals surface area contributed by atoms with Crippen molar-refractivity contribution in [3.05, 3.63) is 87.4 Å². The van der Waals surface area contributed by atoms with E-state index in [0.717, 1.165) is 25.0 Å². The van der Waals surface area contributed by atoms with Crippen molar-refractivity contribution in [1.82, 2.24) is 15.4 Å². The van der Waals surface area contributed by atoms with Crippen LogP contribution in [0.1, 0.15) is 64.8 Å². The molecule has 0 bridgehead atoms. The van der Waals surface area contributed by atoms with Crippen LogP contribution in [0.5, 0.6) is 0 Å². The summed E-state index contributed by atoms with van der Waals surface area (Å²) in [5, 5.41) is 1.80. The van der Waals surface area contributed by atoms with Gasteiger partial charge in [-0.1, -0.05) is 37.1 Å². The number of amides is 2. The zero-order chi connectivity index (χ0) is 25.2. The molecule has 2 amide bonds. The van der Waals surface area contributed by atoms with Gasteiger partial charge in [0.2, 0.25) is 0 Å². The van der Waals surface area contributed by atoms with Crippen molar-refractivity contribution in [2.24, 2.45) is 5.73 Å². The molecule has 3 N–H and O–H groups in total. The van der Waals surface area contributed by atoms with Gasteiger partial charge in [0.15, 0.2) is 0 Å². The number of hydrogen-bond acceptors (Lipinski definition) is 6. The SMILES string of the molecule is NC1CCCCC1N1C(=O)c2ccccc2C(C(=O)NOCc2cscn2)C1c1ccc(F)cc1F. The molecule has 36 heavy (non-hydrogen) atoms. The van der Waals surface area contributed by atoms with Crippen molar-refractivity contribution in [2.45, 2.75) is 56.3 Å². The van der Waals surface area contributed by atoms with Crippen LogP contribution in [-0.2, 0) is 16.2 Å². The zero-order valence-corrected chi connectivity index (χ0v) is 20.2. The van der Waals surface area contributed by atoms with Gasteiger partial charge in [-0.05, 0) is 30.5 Å². The van der Waals surface area contributed by atoms with Gasteiger partial charge in [-0.25, -0.2) is 19.2 Å². The fourth-order valence-electron chi connectivity index (χ4n) is 5.31. The highest BCUT2D eigenvalue weighted by molar-refractivity contribution is 7.07. The average molecular weight is 513 g/mol. The Balaban J connectivity index is 1.59. The molecule has 4 unspecified atom stereocenters. The van der Waals surface area contributed by atoms with E-state index >= 15 is 4.39 Å². The summed E-state index contributed by atoms with van der Waals surface area (Å²) in [7, 11) is 0. The van der Waals surface area contributed by atoms with Crippen LogP contribution in [-0.4, -0.2) is 33.8 Å². The van der Waals surface area contributed by atoms with E-state index in [4.69, 9.17) is 10.6 Å². The van der Waals surface area contributed by atoms with E-state index in [2.05, 4.69) is 10.5 Å². The summed E-state index contributed by atoms with van der Waals surface area (Å²) >= 11 is 1.40. The molecule has 1 aliphatic heterocycles. The maximum Gasteiger partial charge on any atom is 0.255 e. The van der Waals surface area contributed by atoms with E-state index in [1.54, 1.807) is 40.1 Å². The lowest BCUT2D eigenvalue weighted by molar-refractivity contribution is -0.138. The molecule has 0 radical (unpaired) electrons. The van der Waals surface area contributed by atoms with E-state index in [-0.39, 0.29) is 24.1 Å². The zero-order valence-electron chi connectivity index (χ0n) is 19.4. The van der Waals surface area contributed by atoms with Crippen LogP contribution >= 0.6 is 11.3 Å². The number of thiazole rings is 1. The van der Waals surface area contributed by atoms with E-state index in [1.807, 2.05) is 0 Å². The summed E-state index contributed by atoms with van der Waals surface area (Å²) in [5.41, 5.74) is 12.1. The van der Waals surface area contributed by atoms with Gasteiger partial charge in [0.1, 0.15) is 18.2 Å². The third kappa shape index (κ3) is 4.63. The van der Waals surface area contributed by atoms with Crippen molar-refractivity contribution in [1.29, 1.82) is 0 Å². The molecule has 1 aliphatic carbocycles. The number of carbonyl (C=O) groups is 2. The molecule has 3 aromatic rings. The van der Waals surface area contributed by atoms with Crippen LogP contribution in [0.25, 0.3) is 0 Å². The summed E-state index contributed by atoms with van der Waals surface area (Å²) in [5.74, 6) is -3.46. The van der Waals surface area contributed by atoms with E-state index in [0.29, 0.717) is 29.7 Å². The molecule has 4 atom stereocenters. The normalized spacial score (nSPS) is 23.9. The molecular formula is C26H26F2N4O3S. The fourth-order valence-corrected chi connectivity index (χ4v) is 5.85. The van der Waals surface area contributed by atoms with Gasteiger partial charge >= 0.3 is 0 Å². The predicted octanol–water partition coefficient (Wildman–Crippen LogP) is 4.22. The van der Waals surface area contributed by atoms with Gasteiger partial charge in [0.25, 0.3) is 11.8 Å². The van der Waals surface area contributed by atoms with E-state index < -0.39 is 35.5 Å². The number of nitrogens with two attached hydrogens (primary N) is 1. The van der Waals surface area contributed by atoms with E-state index in [9.17, 15) is 14.0 Å². The third-order valence-electron chi connectivity index (χ3n) is 6.95. The third-order valence-corrected chi connectivity index (χ3v) is 7.59. The molecule has 1 saturated carbocycles. The Kier molecular flexibility index (Phi) is 7.08. The molecule has 0 spiro atoms. The molecule has 0 saturated heterocycles. The second-order valence-corrected chi connectivity index (χ2v) is 9.86. The van der Waals surface area contributed by atoms with Gasteiger partial charge in [0, 0.05) is 34.7 Å². The number of benzene rings is 2. The van der Waals surface area contributed by atoms with Gasteiger partial charge in [-0.3, -0.25) is 14.4 Å². The first-order chi connectivity index (χ1) is 17.5. The number of aromatic nitrogens is 1. The Morgan fingerprint density at radius 2 is 1.97 bits per heavy atom. The molecule has 1 aromatic heterocycles. The number of hydroxylamine groups is 1. The number of rotatable bonds is 6. The second-order valence-electron chi connectivity index (χ2n) is 9.14. The van der Waals surface area contributed by atoms with Gasteiger partial charge < -0.3 is 10.6 Å². The molecule has 2 heterocycles. The number of nitrogens with zero attached hydrogens (tertiary/aromatic N) is 2. The minimum Gasteiger partial charge on any atom is -0.326 e. The molecule has 1 fully saturated rings. The average Bonchev–Trinajstić information content (AvgIpc) is 3.38. The Bertz CT molecular complexity index is 1260. The predicted molar refractivity (Wildman–Crippen MR) is 130 cm³/mol. The van der Waals surface area contributed by atoms with Gasteiger partial charge in [-0.15, -0.1) is 11.3 Å². The first-order valence-corrected chi connectivity index (χ1v) is 12.8. The molecule has 5 rings (SSSR count). The fraction of sp³-hybridized carbons (Fsp3) is 0.346. The summed E-state index contributed by atoms with van der Waals surface area (Å²) < 4.78 is 29.1. The summed E-state index contributed by atoms with van der Waals surface area (Å²) in [6.07, 6.45) is 3.13. The van der Waals surface area contributed by atoms with Gasteiger partial charge in [0.05, 0.1) is 23.2 Å². The topological polar surface area (TPSA) is 97.5 Å². The first kappa shape index (κ1) is 24.5. The Hall–Kier alpha value is -3.21. The van der Waals surface area contributed by atoms with Crippen LogP contribution in [0.15, 0.2) is 53.4 Å². The van der Waals surface area contributed by atoms with Crippen LogP contribution in [0, 0.1) is 11.6 Å². The quantitative estimate of drug-likeness (QED) is 0.482. The molecule has 2 aliphatic rings. The summed E-state index contributed by atoms with van der Waals surface area (Å²) in [4.78, 5) is 38.6. The molecule has 188 valence electrons. The molecule has 7 nitrogen and oxygen atoms in total. The lowest BCUT2D eigenvalue weighted by atomic mass is 9.76. The largest absolute Gasteiger partial charge is 0.326 e. The number of nitrogens with one attached hydrogen (secondary N) is 1. The van der Waals surface area contributed by atoms with Crippen LogP contribution < -0.4 is 11.2 Å². The number of fused-ring (bicyclic) bond motifs is 1. The van der Waals surface area contributed by atoms with Crippen molar-refractivity contribution in [3.8, 4) is 0 Å². The van der Waals surface area contributed by atoms with Crippen LogP contribution in [0.4, 0.5) is 8.78 Å². The molecule has 2 aromatic carbocycles. The highest BCUT2D eigenvalue weighted by atomic mass is 32.1. The highest BCUT2D eigenvalue weighted by Crippen LogP contribution is 2.46. The van der Waals surface area contributed by atoms with Gasteiger partial charge in [-0.2, -0.15) is 0 Å². The summed E-state index contributed by atoms with van der Waals surface area (Å²) in [6, 6.07) is 8.23. The number of carbonyl (C=O) groups excluding carboxylic acids is 2. The number of hydrogen-bond donors (Lipinski definition) is 2. The van der Waals surface area contributed by atoms with Crippen molar-refractivity contribution >= 4 is 23.2 Å². The number of halogens is 2. The second kappa shape index (κ2) is 10.4. The van der Waals surface area contributed by atoms with Crippen LogP contribution in [0.3, 0.4) is 0 Å². The Morgan fingerprint density at radius 3 is 2.72 bits per heavy atom. The maximum atomic E-state index is 15.3. The van der Waals surface area contributed by atoms with Crippen molar-refractivity contribution in [3.63, 3.8) is 0 Å². The first-order valence-electron chi connectivity index (χ1n) is 11.9. The standard InChI is InChI=1S/C26H26F2N4O3S/c27-15-9-10-19(20(28)11-15)24-23(25(33)31-35-12-16-13-36-14-30-16)17-5-1-2-6-18(17)26(34)32(24)22-8-4-3-7-21(22)29/h1-2,5-6,9-11,13-14,21-24H,3-4,7-8,12,29H2,(H,31,33). The lowest BCUT2D eigenvalue weighted by Gasteiger charge is -2.48. The molecular weight excluding hydrogens is 486 g/mol. The smallest absolute Gasteiger partial charge is 0.255 e. The maximum absolute atomic E-state index is 15.3.